The molecular weight excluding hydrogens is 719 g/mol. The standard InChI is InChI=1S/C52H93NO5/c1-3-5-7-9-11-13-15-17-19-20-21-22-23-24-26-28-30-32-34-39-43-47-52(57)58-49(45-41-37-35-38-42-46-50(54)53-48-51(55)56)44-40-36-33-31-29-27-25-18-16-14-12-10-8-6-4-2/h5,7,11,13,17,19,21-22,49H,3-4,6,8-10,12,14-16,18,20,23-48H2,1-2H3,(H,53,54)(H,55,56)/b7-5-,13-11-,19-17-,22-21-. The molecule has 0 aliphatic heterocycles. The number of unbranched alkanes of at least 4 members (excludes halogenated alkanes) is 26. The maximum atomic E-state index is 12.8. The Balaban J connectivity index is 4.13. The molecule has 6 heteroatoms. The number of nitrogens with one attached hydrogen (secondary N) is 1. The quantitative estimate of drug-likeness (QED) is 0.0363. The van der Waals surface area contributed by atoms with Crippen LogP contribution in [0.3, 0.4) is 0 Å². The molecule has 2 N–H and O–H groups in total. The van der Waals surface area contributed by atoms with E-state index in [0.29, 0.717) is 12.8 Å². The van der Waals surface area contributed by atoms with Crippen molar-refractivity contribution in [1.29, 1.82) is 0 Å². The predicted molar refractivity (Wildman–Crippen MR) is 249 cm³/mol. The van der Waals surface area contributed by atoms with Crippen LogP contribution in [0.15, 0.2) is 48.6 Å². The average Bonchev–Trinajstić information content (AvgIpc) is 3.21. The van der Waals surface area contributed by atoms with E-state index in [1.54, 1.807) is 0 Å². The molecule has 1 atom stereocenters. The van der Waals surface area contributed by atoms with Gasteiger partial charge in [0.15, 0.2) is 0 Å². The SMILES string of the molecule is CC/C=C\C/C=C\C/C=C\C/C=C\CCCCCCCCCCC(=O)OC(CCCCCCCCCCCCCCCCC)CCCCCCCC(=O)NCC(=O)O. The third-order valence-electron chi connectivity index (χ3n) is 11.0. The first-order valence-corrected chi connectivity index (χ1v) is 24.8. The number of hydrogen-bond donors (Lipinski definition) is 2. The van der Waals surface area contributed by atoms with Crippen LogP contribution in [0.1, 0.15) is 251 Å². The zero-order chi connectivity index (χ0) is 42.3. The molecule has 0 bridgehead atoms. The Morgan fingerprint density at radius 2 is 0.845 bits per heavy atom. The van der Waals surface area contributed by atoms with Crippen molar-refractivity contribution in [3.05, 3.63) is 48.6 Å². The van der Waals surface area contributed by atoms with Crippen LogP contribution < -0.4 is 5.32 Å². The third-order valence-corrected chi connectivity index (χ3v) is 11.0. The largest absolute Gasteiger partial charge is 0.480 e. The molecule has 0 saturated carbocycles. The number of hydrogen-bond acceptors (Lipinski definition) is 4. The van der Waals surface area contributed by atoms with E-state index in [-0.39, 0.29) is 24.5 Å². The molecule has 0 spiro atoms. The normalized spacial score (nSPS) is 12.4. The zero-order valence-electron chi connectivity index (χ0n) is 38.1. The molecule has 0 aliphatic rings. The van der Waals surface area contributed by atoms with Crippen LogP contribution in [-0.2, 0) is 19.1 Å². The lowest BCUT2D eigenvalue weighted by Crippen LogP contribution is -2.28. The van der Waals surface area contributed by atoms with Gasteiger partial charge in [-0.15, -0.1) is 0 Å². The van der Waals surface area contributed by atoms with Gasteiger partial charge in [-0.2, -0.15) is 0 Å². The van der Waals surface area contributed by atoms with E-state index in [0.717, 1.165) is 89.9 Å². The average molecular weight is 812 g/mol. The van der Waals surface area contributed by atoms with Gasteiger partial charge in [-0.25, -0.2) is 0 Å². The molecule has 0 aromatic heterocycles. The summed E-state index contributed by atoms with van der Waals surface area (Å²) in [6.07, 6.45) is 61.0. The highest BCUT2D eigenvalue weighted by Crippen LogP contribution is 2.19. The first-order chi connectivity index (χ1) is 28.5. The first-order valence-electron chi connectivity index (χ1n) is 24.8. The van der Waals surface area contributed by atoms with Gasteiger partial charge in [0, 0.05) is 12.8 Å². The number of allylic oxidation sites excluding steroid dienone is 8. The molecule has 58 heavy (non-hydrogen) atoms. The highest BCUT2D eigenvalue weighted by Gasteiger charge is 2.14. The minimum Gasteiger partial charge on any atom is -0.480 e. The number of carbonyl (C=O) groups is 3. The summed E-state index contributed by atoms with van der Waals surface area (Å²) in [5.74, 6) is -1.23. The summed E-state index contributed by atoms with van der Waals surface area (Å²) >= 11 is 0. The van der Waals surface area contributed by atoms with Gasteiger partial charge >= 0.3 is 11.9 Å². The summed E-state index contributed by atoms with van der Waals surface area (Å²) < 4.78 is 6.07. The molecule has 1 unspecified atom stereocenters. The maximum absolute atomic E-state index is 12.8. The van der Waals surface area contributed by atoms with Gasteiger partial charge in [-0.05, 0) is 77.0 Å². The lowest BCUT2D eigenvalue weighted by molar-refractivity contribution is -0.150. The van der Waals surface area contributed by atoms with Gasteiger partial charge in [0.1, 0.15) is 12.6 Å². The fourth-order valence-corrected chi connectivity index (χ4v) is 7.39. The molecule has 0 heterocycles. The number of carboxylic acids is 1. The van der Waals surface area contributed by atoms with Gasteiger partial charge in [0.05, 0.1) is 0 Å². The van der Waals surface area contributed by atoms with E-state index < -0.39 is 5.97 Å². The molecule has 0 aromatic rings. The molecule has 0 rings (SSSR count). The molecule has 6 nitrogen and oxygen atoms in total. The Morgan fingerprint density at radius 1 is 0.466 bits per heavy atom. The number of carbonyl (C=O) groups excluding carboxylic acids is 2. The number of amides is 1. The Kier molecular flexibility index (Phi) is 44.9. The van der Waals surface area contributed by atoms with Crippen LogP contribution in [0.2, 0.25) is 0 Å². The second kappa shape index (κ2) is 47.1. The van der Waals surface area contributed by atoms with Crippen molar-refractivity contribution in [2.45, 2.75) is 258 Å². The summed E-state index contributed by atoms with van der Waals surface area (Å²) in [7, 11) is 0. The minimum absolute atomic E-state index is 0.0193. The van der Waals surface area contributed by atoms with Crippen molar-refractivity contribution in [3.8, 4) is 0 Å². The second-order valence-electron chi connectivity index (χ2n) is 16.7. The number of ether oxygens (including phenoxy) is 1. The summed E-state index contributed by atoms with van der Waals surface area (Å²) in [4.78, 5) is 35.2. The van der Waals surface area contributed by atoms with Gasteiger partial charge < -0.3 is 15.2 Å². The molecule has 0 aromatic carbocycles. The van der Waals surface area contributed by atoms with Gasteiger partial charge in [0.25, 0.3) is 0 Å². The summed E-state index contributed by atoms with van der Waals surface area (Å²) in [5.41, 5.74) is 0. The van der Waals surface area contributed by atoms with Crippen LogP contribution in [0.25, 0.3) is 0 Å². The van der Waals surface area contributed by atoms with Gasteiger partial charge in [-0.3, -0.25) is 14.4 Å². The molecule has 1 amide bonds. The first kappa shape index (κ1) is 55.4. The van der Waals surface area contributed by atoms with Crippen molar-refractivity contribution in [2.24, 2.45) is 0 Å². The second-order valence-corrected chi connectivity index (χ2v) is 16.7. The lowest BCUT2D eigenvalue weighted by atomic mass is 10.0. The topological polar surface area (TPSA) is 92.7 Å². The Hall–Kier alpha value is -2.63. The van der Waals surface area contributed by atoms with Crippen molar-refractivity contribution >= 4 is 17.8 Å². The number of rotatable bonds is 45. The molecule has 0 radical (unpaired) electrons. The van der Waals surface area contributed by atoms with Gasteiger partial charge in [-0.1, -0.05) is 210 Å². The molecular formula is C52H93NO5. The predicted octanol–water partition coefficient (Wildman–Crippen LogP) is 15.8. The summed E-state index contributed by atoms with van der Waals surface area (Å²) in [6, 6.07) is 0. The van der Waals surface area contributed by atoms with Crippen LogP contribution in [0.5, 0.6) is 0 Å². The van der Waals surface area contributed by atoms with Crippen LogP contribution >= 0.6 is 0 Å². The van der Waals surface area contributed by atoms with Gasteiger partial charge in [0.2, 0.25) is 5.91 Å². The fraction of sp³-hybridized carbons (Fsp3) is 0.788. The third kappa shape index (κ3) is 46.1. The fourth-order valence-electron chi connectivity index (χ4n) is 7.39. The van der Waals surface area contributed by atoms with E-state index in [1.165, 1.54) is 135 Å². The van der Waals surface area contributed by atoms with Crippen LogP contribution in [0.4, 0.5) is 0 Å². The Bertz CT molecular complexity index is 1030. The molecule has 0 aliphatic carbocycles. The van der Waals surface area contributed by atoms with Crippen molar-refractivity contribution < 1.29 is 24.2 Å². The van der Waals surface area contributed by atoms with Crippen molar-refractivity contribution in [3.63, 3.8) is 0 Å². The molecule has 0 fully saturated rings. The van der Waals surface area contributed by atoms with Crippen molar-refractivity contribution in [2.75, 3.05) is 6.54 Å². The Labute approximate surface area is 359 Å². The van der Waals surface area contributed by atoms with E-state index in [1.807, 2.05) is 0 Å². The monoisotopic (exact) mass is 812 g/mol. The summed E-state index contributed by atoms with van der Waals surface area (Å²) in [6.45, 7) is 4.13. The number of aliphatic carboxylic acids is 1. The van der Waals surface area contributed by atoms with E-state index in [4.69, 9.17) is 9.84 Å². The number of esters is 1. The Morgan fingerprint density at radius 3 is 1.29 bits per heavy atom. The van der Waals surface area contributed by atoms with E-state index in [2.05, 4.69) is 67.8 Å². The lowest BCUT2D eigenvalue weighted by Gasteiger charge is -2.18. The number of carboxylic acid groups (broad SMARTS) is 1. The van der Waals surface area contributed by atoms with Crippen molar-refractivity contribution in [1.82, 2.24) is 5.32 Å². The maximum Gasteiger partial charge on any atom is 0.322 e. The zero-order valence-corrected chi connectivity index (χ0v) is 38.1. The highest BCUT2D eigenvalue weighted by molar-refractivity contribution is 5.80. The van der Waals surface area contributed by atoms with E-state index in [9.17, 15) is 14.4 Å². The van der Waals surface area contributed by atoms with Crippen LogP contribution in [-0.4, -0.2) is 35.6 Å². The van der Waals surface area contributed by atoms with Crippen LogP contribution in [0, 0.1) is 0 Å². The molecule has 0 saturated heterocycles. The minimum atomic E-state index is -1.01. The van der Waals surface area contributed by atoms with E-state index >= 15 is 0 Å². The molecule has 336 valence electrons. The summed E-state index contributed by atoms with van der Waals surface area (Å²) in [5, 5.41) is 11.1. The smallest absolute Gasteiger partial charge is 0.322 e. The highest BCUT2D eigenvalue weighted by atomic mass is 16.5.